The molecule has 2 nitrogen and oxygen atoms in total. The van der Waals surface area contributed by atoms with E-state index < -0.39 is 0 Å². The minimum absolute atomic E-state index is 0.227. The van der Waals surface area contributed by atoms with Gasteiger partial charge in [0.15, 0.2) is 5.78 Å². The molecule has 0 aliphatic rings. The Morgan fingerprint density at radius 1 is 0.950 bits per heavy atom. The molecule has 3 rings (SSSR count). The summed E-state index contributed by atoms with van der Waals surface area (Å²) in [7, 11) is 0. The Morgan fingerprint density at radius 2 is 1.70 bits per heavy atom. The Labute approximate surface area is 118 Å². The van der Waals surface area contributed by atoms with E-state index in [1.807, 2.05) is 36.4 Å². The monoisotopic (exact) mass is 263 g/mol. The highest BCUT2D eigenvalue weighted by molar-refractivity contribution is 5.96. The number of para-hydroxylation sites is 1. The van der Waals surface area contributed by atoms with E-state index in [1.54, 1.807) is 0 Å². The number of Topliss-reactive ketones (excluding diaryl/α,β-unsaturated/α-hetero) is 1. The van der Waals surface area contributed by atoms with Gasteiger partial charge >= 0.3 is 0 Å². The van der Waals surface area contributed by atoms with Crippen LogP contribution in [-0.2, 0) is 6.42 Å². The zero-order valence-corrected chi connectivity index (χ0v) is 11.3. The fourth-order valence-corrected chi connectivity index (χ4v) is 2.55. The summed E-state index contributed by atoms with van der Waals surface area (Å²) in [5, 5.41) is 1.26. The van der Waals surface area contributed by atoms with E-state index in [0.717, 1.165) is 23.9 Å². The van der Waals surface area contributed by atoms with Crippen LogP contribution in [0.2, 0.25) is 0 Å². The second kappa shape index (κ2) is 5.74. The molecule has 3 aromatic rings. The Balaban J connectivity index is 1.62. The first kappa shape index (κ1) is 12.7. The highest BCUT2D eigenvalue weighted by Crippen LogP contribution is 2.19. The van der Waals surface area contributed by atoms with Crippen molar-refractivity contribution in [2.24, 2.45) is 0 Å². The molecule has 1 N–H and O–H groups in total. The van der Waals surface area contributed by atoms with Gasteiger partial charge in [0.05, 0.1) is 0 Å². The third kappa shape index (κ3) is 2.64. The quantitative estimate of drug-likeness (QED) is 0.681. The zero-order valence-electron chi connectivity index (χ0n) is 11.3. The lowest BCUT2D eigenvalue weighted by molar-refractivity contribution is 0.0980. The molecule has 0 fully saturated rings. The van der Waals surface area contributed by atoms with E-state index in [-0.39, 0.29) is 5.78 Å². The number of aromatic amines is 1. The number of fused-ring (bicyclic) bond motifs is 1. The number of aromatic nitrogens is 1. The molecule has 0 aliphatic heterocycles. The largest absolute Gasteiger partial charge is 0.361 e. The van der Waals surface area contributed by atoms with Gasteiger partial charge in [-0.3, -0.25) is 4.79 Å². The Kier molecular flexibility index (Phi) is 3.64. The van der Waals surface area contributed by atoms with Crippen molar-refractivity contribution < 1.29 is 4.79 Å². The smallest absolute Gasteiger partial charge is 0.162 e. The van der Waals surface area contributed by atoms with Crippen molar-refractivity contribution in [1.82, 2.24) is 4.98 Å². The number of nitrogens with one attached hydrogen (secondary N) is 1. The number of aryl methyl sites for hydroxylation is 1. The molecule has 0 spiro atoms. The lowest BCUT2D eigenvalue weighted by Gasteiger charge is -2.01. The average Bonchev–Trinajstić information content (AvgIpc) is 2.92. The second-order valence-corrected chi connectivity index (χ2v) is 5.00. The molecule has 0 atom stereocenters. The summed E-state index contributed by atoms with van der Waals surface area (Å²) < 4.78 is 0. The first-order valence-corrected chi connectivity index (χ1v) is 6.98. The van der Waals surface area contributed by atoms with Gasteiger partial charge in [-0.15, -0.1) is 0 Å². The van der Waals surface area contributed by atoms with Crippen molar-refractivity contribution in [3.05, 3.63) is 71.9 Å². The Hall–Kier alpha value is -2.35. The molecule has 0 aliphatic carbocycles. The summed E-state index contributed by atoms with van der Waals surface area (Å²) in [4.78, 5) is 15.3. The summed E-state index contributed by atoms with van der Waals surface area (Å²) in [5.41, 5.74) is 3.27. The van der Waals surface area contributed by atoms with Gasteiger partial charge in [0.2, 0.25) is 0 Å². The van der Waals surface area contributed by atoms with E-state index >= 15 is 0 Å². The third-order valence-corrected chi connectivity index (χ3v) is 3.62. The fraction of sp³-hybridized carbons (Fsp3) is 0.167. The number of benzene rings is 2. The molecule has 0 saturated carbocycles. The molecule has 20 heavy (non-hydrogen) atoms. The summed E-state index contributed by atoms with van der Waals surface area (Å²) >= 11 is 0. The van der Waals surface area contributed by atoms with Gasteiger partial charge in [-0.25, -0.2) is 0 Å². The van der Waals surface area contributed by atoms with Crippen molar-refractivity contribution in [1.29, 1.82) is 0 Å². The second-order valence-electron chi connectivity index (χ2n) is 5.00. The molecular weight excluding hydrogens is 246 g/mol. The summed E-state index contributed by atoms with van der Waals surface area (Å²) in [6.07, 6.45) is 4.47. The van der Waals surface area contributed by atoms with Gasteiger partial charge in [-0.1, -0.05) is 48.5 Å². The van der Waals surface area contributed by atoms with Crippen LogP contribution >= 0.6 is 0 Å². The van der Waals surface area contributed by atoms with Gasteiger partial charge in [0, 0.05) is 29.1 Å². The van der Waals surface area contributed by atoms with Crippen LogP contribution in [0.3, 0.4) is 0 Å². The number of carbonyl (C=O) groups excluding carboxylic acids is 1. The summed E-state index contributed by atoms with van der Waals surface area (Å²) in [6, 6.07) is 17.8. The molecule has 0 unspecified atom stereocenters. The minimum atomic E-state index is 0.227. The van der Waals surface area contributed by atoms with E-state index in [1.165, 1.54) is 10.9 Å². The van der Waals surface area contributed by atoms with E-state index in [2.05, 4.69) is 29.4 Å². The van der Waals surface area contributed by atoms with Crippen LogP contribution in [0.15, 0.2) is 60.8 Å². The van der Waals surface area contributed by atoms with Crippen LogP contribution < -0.4 is 0 Å². The maximum atomic E-state index is 12.0. The van der Waals surface area contributed by atoms with Crippen LogP contribution in [0.25, 0.3) is 10.9 Å². The highest BCUT2D eigenvalue weighted by atomic mass is 16.1. The standard InChI is InChI=1S/C18H17NO/c20-18(14-7-2-1-3-8-14)12-6-9-15-13-19-17-11-5-4-10-16(15)17/h1-5,7-8,10-11,13,19H,6,9,12H2. The molecule has 1 aromatic heterocycles. The van der Waals surface area contributed by atoms with Crippen molar-refractivity contribution in [3.8, 4) is 0 Å². The lowest BCUT2D eigenvalue weighted by atomic mass is 10.0. The van der Waals surface area contributed by atoms with Crippen molar-refractivity contribution in [2.45, 2.75) is 19.3 Å². The van der Waals surface area contributed by atoms with Crippen molar-refractivity contribution in [3.63, 3.8) is 0 Å². The molecule has 2 aromatic carbocycles. The van der Waals surface area contributed by atoms with E-state index in [0.29, 0.717) is 6.42 Å². The van der Waals surface area contributed by atoms with Crippen molar-refractivity contribution in [2.75, 3.05) is 0 Å². The van der Waals surface area contributed by atoms with Crippen LogP contribution in [0.1, 0.15) is 28.8 Å². The van der Waals surface area contributed by atoms with Crippen LogP contribution in [0, 0.1) is 0 Å². The average molecular weight is 263 g/mol. The molecule has 2 heteroatoms. The van der Waals surface area contributed by atoms with Gasteiger partial charge in [-0.2, -0.15) is 0 Å². The summed E-state index contributed by atoms with van der Waals surface area (Å²) in [5.74, 6) is 0.227. The van der Waals surface area contributed by atoms with E-state index in [4.69, 9.17) is 0 Å². The number of ketones is 1. The van der Waals surface area contributed by atoms with Crippen LogP contribution in [0.4, 0.5) is 0 Å². The predicted octanol–water partition coefficient (Wildman–Crippen LogP) is 4.37. The normalized spacial score (nSPS) is 10.8. The maximum absolute atomic E-state index is 12.0. The van der Waals surface area contributed by atoms with Crippen molar-refractivity contribution >= 4 is 16.7 Å². The van der Waals surface area contributed by atoms with Crippen LogP contribution in [0.5, 0.6) is 0 Å². The minimum Gasteiger partial charge on any atom is -0.361 e. The Bertz CT molecular complexity index is 712. The first-order chi connectivity index (χ1) is 9.84. The number of rotatable bonds is 5. The predicted molar refractivity (Wildman–Crippen MR) is 82.0 cm³/mol. The molecule has 0 bridgehead atoms. The first-order valence-electron chi connectivity index (χ1n) is 6.98. The maximum Gasteiger partial charge on any atom is 0.162 e. The Morgan fingerprint density at radius 3 is 2.55 bits per heavy atom. The number of carbonyl (C=O) groups is 1. The molecule has 0 radical (unpaired) electrons. The highest BCUT2D eigenvalue weighted by Gasteiger charge is 2.07. The van der Waals surface area contributed by atoms with E-state index in [9.17, 15) is 4.79 Å². The lowest BCUT2D eigenvalue weighted by Crippen LogP contribution is -1.99. The fourth-order valence-electron chi connectivity index (χ4n) is 2.55. The van der Waals surface area contributed by atoms with Gasteiger partial charge in [0.25, 0.3) is 0 Å². The molecular formula is C18H17NO. The number of hydrogen-bond donors (Lipinski definition) is 1. The topological polar surface area (TPSA) is 32.9 Å². The summed E-state index contributed by atoms with van der Waals surface area (Å²) in [6.45, 7) is 0. The van der Waals surface area contributed by atoms with Crippen LogP contribution in [-0.4, -0.2) is 10.8 Å². The molecule has 0 amide bonds. The molecule has 1 heterocycles. The van der Waals surface area contributed by atoms with Gasteiger partial charge in [-0.05, 0) is 24.5 Å². The SMILES string of the molecule is O=C(CCCc1c[nH]c2ccccc12)c1ccccc1. The number of hydrogen-bond acceptors (Lipinski definition) is 1. The van der Waals surface area contributed by atoms with Gasteiger partial charge < -0.3 is 4.98 Å². The number of H-pyrrole nitrogens is 1. The van der Waals surface area contributed by atoms with Gasteiger partial charge in [0.1, 0.15) is 0 Å². The zero-order chi connectivity index (χ0) is 13.8. The molecule has 100 valence electrons. The molecule has 0 saturated heterocycles. The third-order valence-electron chi connectivity index (χ3n) is 3.62.